The summed E-state index contributed by atoms with van der Waals surface area (Å²) in [6.07, 6.45) is 12.3. The number of benzene rings is 1. The van der Waals surface area contributed by atoms with Crippen molar-refractivity contribution in [2.24, 2.45) is 11.8 Å². The zero-order valence-electron chi connectivity index (χ0n) is 22.0. The Hall–Kier alpha value is -2.97. The van der Waals surface area contributed by atoms with Crippen LogP contribution in [0.4, 0.5) is 0 Å². The second-order valence-electron chi connectivity index (χ2n) is 10.7. The Morgan fingerprint density at radius 2 is 1.89 bits per heavy atom. The van der Waals surface area contributed by atoms with Crippen molar-refractivity contribution in [2.45, 2.75) is 69.2 Å². The van der Waals surface area contributed by atoms with Gasteiger partial charge in [0.15, 0.2) is 0 Å². The molecule has 1 aromatic carbocycles. The predicted molar refractivity (Wildman–Crippen MR) is 141 cm³/mol. The number of unbranched alkanes of at least 4 members (excludes halogenated alkanes) is 2. The number of hydrogen-bond acceptors (Lipinski definition) is 6. The Morgan fingerprint density at radius 1 is 1.08 bits per heavy atom. The Kier molecular flexibility index (Phi) is 8.00. The highest BCUT2D eigenvalue weighted by Crippen LogP contribution is 2.54. The molecule has 38 heavy (non-hydrogen) atoms. The topological polar surface area (TPSA) is 96.4 Å². The zero-order chi connectivity index (χ0) is 26.7. The Labute approximate surface area is 224 Å². The van der Waals surface area contributed by atoms with E-state index < -0.39 is 41.6 Å². The molecular weight excluding hydrogens is 484 g/mol. The summed E-state index contributed by atoms with van der Waals surface area (Å²) in [7, 11) is 0. The van der Waals surface area contributed by atoms with Crippen molar-refractivity contribution in [1.29, 1.82) is 0 Å². The third-order valence-corrected chi connectivity index (χ3v) is 8.35. The van der Waals surface area contributed by atoms with Gasteiger partial charge in [0.1, 0.15) is 17.6 Å². The van der Waals surface area contributed by atoms with E-state index in [1.54, 1.807) is 4.90 Å². The molecule has 0 radical (unpaired) electrons. The summed E-state index contributed by atoms with van der Waals surface area (Å²) in [5, 5.41) is 10.6. The van der Waals surface area contributed by atoms with E-state index in [4.69, 9.17) is 9.47 Å². The fraction of sp³-hybridized carbons (Fsp3) is 0.567. The summed E-state index contributed by atoms with van der Waals surface area (Å²) >= 11 is 0. The van der Waals surface area contributed by atoms with Crippen LogP contribution < -0.4 is 0 Å². The lowest BCUT2D eigenvalue weighted by atomic mass is 9.78. The second-order valence-corrected chi connectivity index (χ2v) is 10.7. The molecule has 0 aromatic heterocycles. The molecule has 2 saturated heterocycles. The number of hydrogen-bond donors (Lipinski definition) is 1. The van der Waals surface area contributed by atoms with Crippen molar-refractivity contribution in [3.05, 3.63) is 60.2 Å². The van der Waals surface area contributed by atoms with Gasteiger partial charge in [-0.1, -0.05) is 74.4 Å². The first-order valence-electron chi connectivity index (χ1n) is 14.0. The number of aliphatic hydroxyl groups is 1. The zero-order valence-corrected chi connectivity index (χ0v) is 22.0. The number of nitrogens with zero attached hydrogens (tertiary/aromatic N) is 2. The highest BCUT2D eigenvalue weighted by Gasteiger charge is 2.72. The number of aliphatic hydroxyl groups excluding tert-OH is 1. The van der Waals surface area contributed by atoms with Crippen molar-refractivity contribution < 1.29 is 29.0 Å². The van der Waals surface area contributed by atoms with E-state index in [-0.39, 0.29) is 18.4 Å². The van der Waals surface area contributed by atoms with Gasteiger partial charge in [-0.2, -0.15) is 0 Å². The van der Waals surface area contributed by atoms with Crippen LogP contribution in [0.5, 0.6) is 0 Å². The number of ether oxygens (including phenoxy) is 2. The van der Waals surface area contributed by atoms with Gasteiger partial charge in [-0.25, -0.2) is 0 Å². The van der Waals surface area contributed by atoms with Crippen molar-refractivity contribution in [3.63, 3.8) is 0 Å². The highest BCUT2D eigenvalue weighted by molar-refractivity contribution is 5.99. The molecule has 4 aliphatic heterocycles. The first-order valence-corrected chi connectivity index (χ1v) is 14.0. The lowest BCUT2D eigenvalue weighted by molar-refractivity contribution is -0.156. The number of carbonyl (C=O) groups excluding carboxylic acids is 3. The Balaban J connectivity index is 1.61. The van der Waals surface area contributed by atoms with Crippen LogP contribution in [-0.2, 0) is 23.9 Å². The van der Waals surface area contributed by atoms with Gasteiger partial charge < -0.3 is 24.4 Å². The molecule has 204 valence electrons. The van der Waals surface area contributed by atoms with E-state index in [0.29, 0.717) is 19.7 Å². The van der Waals surface area contributed by atoms with Gasteiger partial charge in [0, 0.05) is 13.1 Å². The molecule has 2 amide bonds. The predicted octanol–water partition coefficient (Wildman–Crippen LogP) is 3.17. The number of likely N-dealkylation sites (tertiary alicyclic amines) is 1. The maximum Gasteiger partial charge on any atom is 0.312 e. The van der Waals surface area contributed by atoms with Gasteiger partial charge >= 0.3 is 5.97 Å². The minimum absolute atomic E-state index is 0.211. The molecule has 0 saturated carbocycles. The normalized spacial score (nSPS) is 32.7. The quantitative estimate of drug-likeness (QED) is 0.336. The largest absolute Gasteiger partial charge is 0.465 e. The van der Waals surface area contributed by atoms with Crippen LogP contribution in [0, 0.1) is 11.8 Å². The van der Waals surface area contributed by atoms with E-state index in [1.165, 1.54) is 4.90 Å². The van der Waals surface area contributed by atoms with Crippen LogP contribution in [0.25, 0.3) is 0 Å². The summed E-state index contributed by atoms with van der Waals surface area (Å²) < 4.78 is 12.3. The van der Waals surface area contributed by atoms with Crippen molar-refractivity contribution in [1.82, 2.24) is 9.80 Å². The molecule has 1 N–H and O–H groups in total. The summed E-state index contributed by atoms with van der Waals surface area (Å²) in [6.45, 7) is 3.02. The molecule has 4 heterocycles. The minimum atomic E-state index is -1.33. The van der Waals surface area contributed by atoms with E-state index >= 15 is 0 Å². The summed E-state index contributed by atoms with van der Waals surface area (Å²) in [4.78, 5) is 45.4. The molecule has 5 rings (SSSR count). The van der Waals surface area contributed by atoms with E-state index in [0.717, 1.165) is 44.1 Å². The fourth-order valence-electron chi connectivity index (χ4n) is 6.52. The second kappa shape index (κ2) is 11.4. The third-order valence-electron chi connectivity index (χ3n) is 8.35. The van der Waals surface area contributed by atoms with E-state index in [9.17, 15) is 19.5 Å². The molecule has 6 atom stereocenters. The summed E-state index contributed by atoms with van der Waals surface area (Å²) in [6, 6.07) is 7.48. The average molecular weight is 523 g/mol. The number of fused-ring (bicyclic) bond motifs is 2. The lowest BCUT2D eigenvalue weighted by Gasteiger charge is -2.38. The molecule has 0 aliphatic carbocycles. The van der Waals surface area contributed by atoms with Crippen LogP contribution in [-0.4, -0.2) is 76.7 Å². The molecule has 4 aliphatic rings. The SMILES string of the molecule is CCCCCN1CC=C[C@]23O[C@H]4/C=C\CCCCOC(=O)[C@H]4[C@H]2C(=O)N([C@H](CO)c2ccccc2)C3C1=O. The Morgan fingerprint density at radius 3 is 2.66 bits per heavy atom. The number of cyclic esters (lactones) is 1. The lowest BCUT2D eigenvalue weighted by Crippen LogP contribution is -2.56. The van der Waals surface area contributed by atoms with Crippen LogP contribution >= 0.6 is 0 Å². The molecule has 8 nitrogen and oxygen atoms in total. The van der Waals surface area contributed by atoms with Crippen LogP contribution in [0.3, 0.4) is 0 Å². The molecule has 8 heteroatoms. The maximum absolute atomic E-state index is 14.4. The number of rotatable bonds is 7. The monoisotopic (exact) mass is 522 g/mol. The molecular formula is C30H38N2O6. The molecule has 2 fully saturated rings. The van der Waals surface area contributed by atoms with Crippen molar-refractivity contribution >= 4 is 17.8 Å². The number of allylic oxidation sites excluding steroid dienone is 1. The highest BCUT2D eigenvalue weighted by atomic mass is 16.6. The molecule has 0 bridgehead atoms. The summed E-state index contributed by atoms with van der Waals surface area (Å²) in [5.41, 5.74) is -0.607. The van der Waals surface area contributed by atoms with Gasteiger partial charge in [0.25, 0.3) is 0 Å². The van der Waals surface area contributed by atoms with E-state index in [2.05, 4.69) is 6.92 Å². The van der Waals surface area contributed by atoms with Gasteiger partial charge in [-0.3, -0.25) is 14.4 Å². The summed E-state index contributed by atoms with van der Waals surface area (Å²) in [5.74, 6) is -2.84. The first-order chi connectivity index (χ1) is 18.5. The molecule has 1 aromatic rings. The number of carbonyl (C=O) groups is 3. The molecule has 1 unspecified atom stereocenters. The van der Waals surface area contributed by atoms with Crippen LogP contribution in [0.2, 0.25) is 0 Å². The van der Waals surface area contributed by atoms with E-state index in [1.807, 2.05) is 54.6 Å². The van der Waals surface area contributed by atoms with Crippen molar-refractivity contribution in [3.8, 4) is 0 Å². The van der Waals surface area contributed by atoms with Crippen molar-refractivity contribution in [2.75, 3.05) is 26.3 Å². The minimum Gasteiger partial charge on any atom is -0.465 e. The van der Waals surface area contributed by atoms with Gasteiger partial charge in [0.05, 0.1) is 31.3 Å². The number of esters is 1. The standard InChI is InChI=1S/C30H38N2O6/c1-2-3-10-17-31-18-12-16-30-25(24-23(38-30)15-9-4-5-11-19-37-29(24)36)27(34)32(26(30)28(31)35)22(20-33)21-13-7-6-8-14-21/h6-9,12-16,22-26,33H,2-5,10-11,17-20H2,1H3/b15-9-/t22-,23+,24-,25+,26?,30+/m1/s1. The molecule has 1 spiro atoms. The third kappa shape index (κ3) is 4.58. The van der Waals surface area contributed by atoms with Gasteiger partial charge in [0.2, 0.25) is 11.8 Å². The number of amides is 2. The van der Waals surface area contributed by atoms with Crippen LogP contribution in [0.15, 0.2) is 54.6 Å². The average Bonchev–Trinajstić information content (AvgIpc) is 3.32. The smallest absolute Gasteiger partial charge is 0.312 e. The van der Waals surface area contributed by atoms with Crippen LogP contribution in [0.1, 0.15) is 57.1 Å². The Bertz CT molecular complexity index is 1090. The fourth-order valence-corrected chi connectivity index (χ4v) is 6.52. The maximum atomic E-state index is 14.4. The van der Waals surface area contributed by atoms with Gasteiger partial charge in [-0.15, -0.1) is 0 Å². The first kappa shape index (κ1) is 26.6. The van der Waals surface area contributed by atoms with Gasteiger partial charge in [-0.05, 0) is 31.2 Å².